The molecule has 4 aromatic rings. The van der Waals surface area contributed by atoms with E-state index in [-0.39, 0.29) is 17.1 Å². The van der Waals surface area contributed by atoms with Crippen LogP contribution in [-0.4, -0.2) is 44.4 Å². The van der Waals surface area contributed by atoms with Crippen LogP contribution in [0.3, 0.4) is 0 Å². The van der Waals surface area contributed by atoms with Gasteiger partial charge in [0.2, 0.25) is 5.95 Å². The zero-order valence-corrected chi connectivity index (χ0v) is 21.3. The second kappa shape index (κ2) is 9.81. The van der Waals surface area contributed by atoms with E-state index in [4.69, 9.17) is 0 Å². The van der Waals surface area contributed by atoms with Crippen LogP contribution in [0.1, 0.15) is 39.2 Å². The molecule has 1 fully saturated rings. The minimum Gasteiger partial charge on any atom is -0.360 e. The van der Waals surface area contributed by atoms with Crippen LogP contribution in [0.25, 0.3) is 33.3 Å². The fourth-order valence-electron chi connectivity index (χ4n) is 4.80. The highest BCUT2D eigenvalue weighted by Gasteiger charge is 2.36. The van der Waals surface area contributed by atoms with Gasteiger partial charge in [-0.2, -0.15) is 18.3 Å². The summed E-state index contributed by atoms with van der Waals surface area (Å²) < 4.78 is 43.7. The molecule has 1 aliphatic heterocycles. The Hall–Kier alpha value is -3.40. The average molecular weight is 512 g/mol. The molecule has 0 unspecified atom stereocenters. The van der Waals surface area contributed by atoms with Crippen molar-refractivity contribution in [1.29, 1.82) is 0 Å². The van der Waals surface area contributed by atoms with Gasteiger partial charge in [-0.15, -0.1) is 0 Å². The highest BCUT2D eigenvalue weighted by molar-refractivity contribution is 5.97. The molecule has 196 valence electrons. The van der Waals surface area contributed by atoms with E-state index in [1.54, 1.807) is 6.20 Å². The minimum atomic E-state index is -4.58. The number of rotatable bonds is 6. The topological polar surface area (TPSA) is 83.5 Å². The summed E-state index contributed by atoms with van der Waals surface area (Å²) in [5.41, 5.74) is 2.10. The number of aromatic nitrogens is 5. The second-order valence-electron chi connectivity index (χ2n) is 11.0. The third-order valence-electron chi connectivity index (χ3n) is 6.58. The van der Waals surface area contributed by atoms with E-state index in [0.29, 0.717) is 23.4 Å². The molecule has 1 aromatic carbocycles. The predicted octanol–water partition coefficient (Wildman–Crippen LogP) is 5.96. The van der Waals surface area contributed by atoms with Crippen molar-refractivity contribution in [1.82, 2.24) is 30.0 Å². The van der Waals surface area contributed by atoms with Crippen molar-refractivity contribution in [3.63, 3.8) is 0 Å². The minimum absolute atomic E-state index is 0.0936. The van der Waals surface area contributed by atoms with Gasteiger partial charge >= 0.3 is 6.18 Å². The van der Waals surface area contributed by atoms with E-state index in [2.05, 4.69) is 51.5 Å². The highest BCUT2D eigenvalue weighted by Crippen LogP contribution is 2.39. The number of alkyl halides is 3. The van der Waals surface area contributed by atoms with Gasteiger partial charge in [0.1, 0.15) is 5.56 Å². The molecule has 0 aliphatic carbocycles. The molecule has 3 N–H and O–H groups in total. The third-order valence-corrected chi connectivity index (χ3v) is 6.58. The number of halogens is 3. The van der Waals surface area contributed by atoms with Crippen LogP contribution in [0.5, 0.6) is 0 Å². The Morgan fingerprint density at radius 3 is 2.70 bits per heavy atom. The van der Waals surface area contributed by atoms with E-state index >= 15 is 0 Å². The Morgan fingerprint density at radius 1 is 1.14 bits per heavy atom. The predicted molar refractivity (Wildman–Crippen MR) is 139 cm³/mol. The van der Waals surface area contributed by atoms with Gasteiger partial charge in [-0.25, -0.2) is 9.97 Å². The van der Waals surface area contributed by atoms with Gasteiger partial charge in [-0.3, -0.25) is 4.68 Å². The number of hydrogen-bond acceptors (Lipinski definition) is 5. The highest BCUT2D eigenvalue weighted by atomic mass is 19.4. The molecular formula is C27H32F3N7. The molecule has 1 aliphatic rings. The van der Waals surface area contributed by atoms with Crippen molar-refractivity contribution >= 4 is 16.9 Å². The number of anilines is 1. The first kappa shape index (κ1) is 25.3. The summed E-state index contributed by atoms with van der Waals surface area (Å²) in [4.78, 5) is 11.5. The van der Waals surface area contributed by atoms with Crippen molar-refractivity contribution in [3.05, 3.63) is 48.5 Å². The lowest BCUT2D eigenvalue weighted by Gasteiger charge is -2.23. The lowest BCUT2D eigenvalue weighted by Crippen LogP contribution is -2.33. The molecule has 0 bridgehead atoms. The lowest BCUT2D eigenvalue weighted by atomic mass is 9.97. The molecule has 5 rings (SSSR count). The maximum Gasteiger partial charge on any atom is 0.419 e. The number of fused-ring (bicyclic) bond motifs is 1. The van der Waals surface area contributed by atoms with Gasteiger partial charge in [0.05, 0.1) is 11.9 Å². The van der Waals surface area contributed by atoms with E-state index in [9.17, 15) is 13.2 Å². The summed E-state index contributed by atoms with van der Waals surface area (Å²) in [6, 6.07) is 5.67. The molecule has 0 spiro atoms. The fraction of sp³-hybridized carbons (Fsp3) is 0.444. The molecule has 37 heavy (non-hydrogen) atoms. The number of nitrogens with zero attached hydrogens (tertiary/aromatic N) is 4. The largest absolute Gasteiger partial charge is 0.419 e. The Balaban J connectivity index is 1.46. The summed E-state index contributed by atoms with van der Waals surface area (Å²) in [6.45, 7) is 9.72. The van der Waals surface area contributed by atoms with Gasteiger partial charge in [0, 0.05) is 53.7 Å². The van der Waals surface area contributed by atoms with Gasteiger partial charge in [0.25, 0.3) is 0 Å². The maximum absolute atomic E-state index is 13.9. The molecular weight excluding hydrogens is 479 g/mol. The summed E-state index contributed by atoms with van der Waals surface area (Å²) in [5, 5.41) is 11.6. The van der Waals surface area contributed by atoms with Crippen molar-refractivity contribution in [2.24, 2.45) is 11.3 Å². The second-order valence-corrected chi connectivity index (χ2v) is 11.0. The van der Waals surface area contributed by atoms with Crippen LogP contribution in [0.2, 0.25) is 0 Å². The molecule has 1 saturated heterocycles. The summed E-state index contributed by atoms with van der Waals surface area (Å²) in [6.07, 6.45) is 3.83. The Morgan fingerprint density at radius 2 is 1.97 bits per heavy atom. The smallest absolute Gasteiger partial charge is 0.360 e. The Bertz CT molecular complexity index is 1370. The van der Waals surface area contributed by atoms with E-state index in [1.165, 1.54) is 0 Å². The first-order valence-electron chi connectivity index (χ1n) is 12.6. The monoisotopic (exact) mass is 511 g/mol. The molecule has 0 amide bonds. The SMILES string of the molecule is CC(C)(C)Cn1cc(-c2ccc3c(-c4nc(NC[C@H]5CCCNC5)ncc4C(F)(F)F)c[nH]c3c2)cn1. The normalized spacial score (nSPS) is 16.9. The third kappa shape index (κ3) is 5.79. The van der Waals surface area contributed by atoms with E-state index < -0.39 is 11.7 Å². The van der Waals surface area contributed by atoms with Crippen LogP contribution in [0.4, 0.5) is 19.1 Å². The van der Waals surface area contributed by atoms with Crippen molar-refractivity contribution in [2.75, 3.05) is 25.0 Å². The number of nitrogens with one attached hydrogen (secondary N) is 3. The molecule has 10 heteroatoms. The zero-order chi connectivity index (χ0) is 26.2. The maximum atomic E-state index is 13.9. The van der Waals surface area contributed by atoms with Crippen LogP contribution in [0, 0.1) is 11.3 Å². The van der Waals surface area contributed by atoms with Crippen LogP contribution >= 0.6 is 0 Å². The number of benzene rings is 1. The average Bonchev–Trinajstić information content (AvgIpc) is 3.48. The van der Waals surface area contributed by atoms with E-state index in [1.807, 2.05) is 35.3 Å². The molecule has 3 aromatic heterocycles. The number of piperidine rings is 1. The standard InChI is InChI=1S/C27H32F3N7/c1-26(2,3)16-37-15-19(12-35-37)18-6-7-20-21(13-32-23(20)9-18)24-22(27(28,29)30)14-34-25(36-24)33-11-17-5-4-8-31-10-17/h6-7,9,12-15,17,31-32H,4-5,8,10-11,16H2,1-3H3,(H,33,34,36)/t17-/m0/s1. The summed E-state index contributed by atoms with van der Waals surface area (Å²) in [7, 11) is 0. The summed E-state index contributed by atoms with van der Waals surface area (Å²) >= 11 is 0. The van der Waals surface area contributed by atoms with Crippen molar-refractivity contribution < 1.29 is 13.2 Å². The van der Waals surface area contributed by atoms with Gasteiger partial charge in [0.15, 0.2) is 0 Å². The van der Waals surface area contributed by atoms with Crippen molar-refractivity contribution in [2.45, 2.75) is 46.3 Å². The number of hydrogen-bond donors (Lipinski definition) is 3. The quantitative estimate of drug-likeness (QED) is 0.297. The van der Waals surface area contributed by atoms with Gasteiger partial charge < -0.3 is 15.6 Å². The first-order chi connectivity index (χ1) is 17.6. The number of H-pyrrole nitrogens is 1. The molecule has 0 saturated carbocycles. The van der Waals surface area contributed by atoms with E-state index in [0.717, 1.165) is 55.3 Å². The zero-order valence-electron chi connectivity index (χ0n) is 21.3. The van der Waals surface area contributed by atoms with Crippen LogP contribution in [0.15, 0.2) is 43.0 Å². The Labute approximate surface area is 213 Å². The molecule has 4 heterocycles. The van der Waals surface area contributed by atoms with Crippen LogP contribution < -0.4 is 10.6 Å². The molecule has 7 nitrogen and oxygen atoms in total. The lowest BCUT2D eigenvalue weighted by molar-refractivity contribution is -0.137. The Kier molecular flexibility index (Phi) is 6.70. The van der Waals surface area contributed by atoms with Crippen LogP contribution in [-0.2, 0) is 12.7 Å². The first-order valence-corrected chi connectivity index (χ1v) is 12.6. The number of aromatic amines is 1. The van der Waals surface area contributed by atoms with Crippen molar-refractivity contribution in [3.8, 4) is 22.4 Å². The fourth-order valence-corrected chi connectivity index (χ4v) is 4.80. The van der Waals surface area contributed by atoms with Gasteiger partial charge in [-0.1, -0.05) is 32.9 Å². The summed E-state index contributed by atoms with van der Waals surface area (Å²) in [5.74, 6) is 0.591. The van der Waals surface area contributed by atoms with Gasteiger partial charge in [-0.05, 0) is 48.9 Å². The molecule has 1 atom stereocenters. The molecule has 0 radical (unpaired) electrons.